The molecule has 1 aliphatic carbocycles. The first-order chi connectivity index (χ1) is 13.3. The Kier molecular flexibility index (Phi) is 4.70. The SMILES string of the molecule is Cc1cccc(C)c1NS(=O)(=O)c1ccc2c(c1)C[C@H](C)N2C(=O)C1CCC1. The van der Waals surface area contributed by atoms with Crippen LogP contribution in [-0.2, 0) is 21.2 Å². The zero-order valence-corrected chi connectivity index (χ0v) is 17.3. The third-order valence-electron chi connectivity index (χ3n) is 5.99. The predicted molar refractivity (Wildman–Crippen MR) is 111 cm³/mol. The first-order valence-corrected chi connectivity index (χ1v) is 11.3. The van der Waals surface area contributed by atoms with E-state index >= 15 is 0 Å². The summed E-state index contributed by atoms with van der Waals surface area (Å²) in [6, 6.07) is 10.9. The van der Waals surface area contributed by atoms with Crippen LogP contribution in [0.2, 0.25) is 0 Å². The Hall–Kier alpha value is -2.34. The molecule has 1 atom stereocenters. The van der Waals surface area contributed by atoms with Gasteiger partial charge in [-0.05, 0) is 74.9 Å². The lowest BCUT2D eigenvalue weighted by atomic mass is 9.84. The molecule has 2 aliphatic rings. The van der Waals surface area contributed by atoms with Crippen LogP contribution in [0, 0.1) is 19.8 Å². The Morgan fingerprint density at radius 2 is 1.79 bits per heavy atom. The van der Waals surface area contributed by atoms with Crippen molar-refractivity contribution in [2.75, 3.05) is 9.62 Å². The Morgan fingerprint density at radius 3 is 2.39 bits per heavy atom. The maximum atomic E-state index is 13.0. The number of amides is 1. The first-order valence-electron chi connectivity index (χ1n) is 9.83. The van der Waals surface area contributed by atoms with Gasteiger partial charge in [0.1, 0.15) is 0 Å². The van der Waals surface area contributed by atoms with Gasteiger partial charge < -0.3 is 4.90 Å². The number of carbonyl (C=O) groups is 1. The highest BCUT2D eigenvalue weighted by Gasteiger charge is 2.37. The maximum Gasteiger partial charge on any atom is 0.261 e. The van der Waals surface area contributed by atoms with Gasteiger partial charge in [-0.25, -0.2) is 8.42 Å². The van der Waals surface area contributed by atoms with E-state index in [0.717, 1.165) is 41.6 Å². The van der Waals surface area contributed by atoms with E-state index in [1.165, 1.54) is 0 Å². The molecular formula is C22H26N2O3S. The van der Waals surface area contributed by atoms with Gasteiger partial charge in [0.25, 0.3) is 10.0 Å². The van der Waals surface area contributed by atoms with E-state index in [4.69, 9.17) is 0 Å². The number of nitrogens with one attached hydrogen (secondary N) is 1. The molecule has 2 aromatic carbocycles. The van der Waals surface area contributed by atoms with Gasteiger partial charge in [-0.3, -0.25) is 9.52 Å². The number of benzene rings is 2. The largest absolute Gasteiger partial charge is 0.309 e. The summed E-state index contributed by atoms with van der Waals surface area (Å²) in [6.07, 6.45) is 3.72. The van der Waals surface area contributed by atoms with Gasteiger partial charge in [-0.15, -0.1) is 0 Å². The van der Waals surface area contributed by atoms with E-state index in [2.05, 4.69) is 4.72 Å². The van der Waals surface area contributed by atoms with Crippen molar-refractivity contribution in [2.45, 2.75) is 57.4 Å². The molecule has 148 valence electrons. The number of anilines is 2. The fourth-order valence-corrected chi connectivity index (χ4v) is 5.38. The van der Waals surface area contributed by atoms with E-state index in [1.807, 2.05) is 43.9 Å². The summed E-state index contributed by atoms with van der Waals surface area (Å²) in [5, 5.41) is 0. The molecule has 0 saturated heterocycles. The molecule has 1 fully saturated rings. The minimum atomic E-state index is -3.70. The number of para-hydroxylation sites is 1. The lowest BCUT2D eigenvalue weighted by molar-refractivity contribution is -0.125. The summed E-state index contributed by atoms with van der Waals surface area (Å²) in [5.74, 6) is 0.310. The van der Waals surface area contributed by atoms with Gasteiger partial charge >= 0.3 is 0 Å². The highest BCUT2D eigenvalue weighted by molar-refractivity contribution is 7.92. The van der Waals surface area contributed by atoms with E-state index < -0.39 is 10.0 Å². The molecule has 4 rings (SSSR count). The zero-order chi connectivity index (χ0) is 20.1. The molecule has 1 heterocycles. The summed E-state index contributed by atoms with van der Waals surface area (Å²) < 4.78 is 28.7. The second-order valence-electron chi connectivity index (χ2n) is 8.05. The topological polar surface area (TPSA) is 66.5 Å². The van der Waals surface area contributed by atoms with E-state index in [-0.39, 0.29) is 22.8 Å². The fourth-order valence-electron chi connectivity index (χ4n) is 4.13. The highest BCUT2D eigenvalue weighted by Crippen LogP contribution is 2.38. The minimum absolute atomic E-state index is 0.0626. The molecule has 0 bridgehead atoms. The maximum absolute atomic E-state index is 13.0. The van der Waals surface area contributed by atoms with Crippen LogP contribution in [0.3, 0.4) is 0 Å². The standard InChI is InChI=1S/C22H26N2O3S/c1-14-6-4-7-15(2)21(14)23-28(26,27)19-10-11-20-18(13-19)12-16(3)24(20)22(25)17-8-5-9-17/h4,6-7,10-11,13,16-17,23H,5,8-9,12H2,1-3H3/t16-/m0/s1. The van der Waals surface area contributed by atoms with Gasteiger partial charge in [-0.2, -0.15) is 0 Å². The normalized spacial score (nSPS) is 19.2. The van der Waals surface area contributed by atoms with Crippen molar-refractivity contribution in [3.8, 4) is 0 Å². The number of aryl methyl sites for hydroxylation is 2. The van der Waals surface area contributed by atoms with Crippen LogP contribution in [0.15, 0.2) is 41.3 Å². The summed E-state index contributed by atoms with van der Waals surface area (Å²) in [4.78, 5) is 14.9. The van der Waals surface area contributed by atoms with Gasteiger partial charge in [0.2, 0.25) is 5.91 Å². The number of sulfonamides is 1. The second-order valence-corrected chi connectivity index (χ2v) is 9.73. The third-order valence-corrected chi connectivity index (χ3v) is 7.33. The van der Waals surface area contributed by atoms with Gasteiger partial charge in [0.15, 0.2) is 0 Å². The lowest BCUT2D eigenvalue weighted by Crippen LogP contribution is -2.42. The van der Waals surface area contributed by atoms with Crippen LogP contribution in [-0.4, -0.2) is 20.4 Å². The average molecular weight is 399 g/mol. The Balaban J connectivity index is 1.64. The smallest absolute Gasteiger partial charge is 0.261 e. The van der Waals surface area contributed by atoms with Crippen LogP contribution < -0.4 is 9.62 Å². The third kappa shape index (κ3) is 3.20. The van der Waals surface area contributed by atoms with Crippen molar-refractivity contribution in [3.63, 3.8) is 0 Å². The van der Waals surface area contributed by atoms with Gasteiger partial charge in [0, 0.05) is 17.6 Å². The molecule has 0 unspecified atom stereocenters. The molecule has 5 nitrogen and oxygen atoms in total. The van der Waals surface area contributed by atoms with Crippen molar-refractivity contribution >= 4 is 27.3 Å². The molecule has 1 N–H and O–H groups in total. The molecule has 0 aromatic heterocycles. The predicted octanol–water partition coefficient (Wildman–Crippen LogP) is 4.18. The number of fused-ring (bicyclic) bond motifs is 1. The Labute approximate surface area is 166 Å². The highest BCUT2D eigenvalue weighted by atomic mass is 32.2. The molecule has 1 aliphatic heterocycles. The van der Waals surface area contributed by atoms with E-state index in [1.54, 1.807) is 18.2 Å². The molecule has 1 amide bonds. The quantitative estimate of drug-likeness (QED) is 0.840. The second kappa shape index (κ2) is 6.92. The lowest BCUT2D eigenvalue weighted by Gasteiger charge is -2.32. The van der Waals surface area contributed by atoms with Crippen molar-refractivity contribution in [3.05, 3.63) is 53.1 Å². The van der Waals surface area contributed by atoms with Gasteiger partial charge in [0.05, 0.1) is 10.6 Å². The van der Waals surface area contributed by atoms with Crippen LogP contribution in [0.25, 0.3) is 0 Å². The van der Waals surface area contributed by atoms with Crippen molar-refractivity contribution < 1.29 is 13.2 Å². The number of carbonyl (C=O) groups excluding carboxylic acids is 1. The Bertz CT molecular complexity index is 1020. The molecule has 28 heavy (non-hydrogen) atoms. The Morgan fingerprint density at radius 1 is 1.11 bits per heavy atom. The molecule has 1 saturated carbocycles. The summed E-state index contributed by atoms with van der Waals surface area (Å²) in [6.45, 7) is 5.80. The molecule has 0 radical (unpaired) electrons. The summed E-state index contributed by atoms with van der Waals surface area (Å²) >= 11 is 0. The summed E-state index contributed by atoms with van der Waals surface area (Å²) in [5.41, 5.74) is 4.17. The van der Waals surface area contributed by atoms with Crippen LogP contribution >= 0.6 is 0 Å². The van der Waals surface area contributed by atoms with E-state index in [9.17, 15) is 13.2 Å². The number of hydrogen-bond donors (Lipinski definition) is 1. The zero-order valence-electron chi connectivity index (χ0n) is 16.5. The molecular weight excluding hydrogens is 372 g/mol. The summed E-state index contributed by atoms with van der Waals surface area (Å²) in [7, 11) is -3.70. The number of hydrogen-bond acceptors (Lipinski definition) is 3. The van der Waals surface area contributed by atoms with E-state index in [0.29, 0.717) is 12.1 Å². The number of nitrogens with zero attached hydrogens (tertiary/aromatic N) is 1. The van der Waals surface area contributed by atoms with Crippen molar-refractivity contribution in [1.29, 1.82) is 0 Å². The van der Waals surface area contributed by atoms with Crippen LogP contribution in [0.4, 0.5) is 11.4 Å². The van der Waals surface area contributed by atoms with Crippen LogP contribution in [0.1, 0.15) is 42.9 Å². The average Bonchev–Trinajstić information content (AvgIpc) is 2.91. The molecule has 0 spiro atoms. The van der Waals surface area contributed by atoms with Crippen molar-refractivity contribution in [1.82, 2.24) is 0 Å². The van der Waals surface area contributed by atoms with Gasteiger partial charge in [-0.1, -0.05) is 24.6 Å². The fraction of sp³-hybridized carbons (Fsp3) is 0.409. The molecule has 2 aromatic rings. The van der Waals surface area contributed by atoms with Crippen LogP contribution in [0.5, 0.6) is 0 Å². The number of rotatable bonds is 4. The van der Waals surface area contributed by atoms with Crippen molar-refractivity contribution in [2.24, 2.45) is 5.92 Å². The first kappa shape index (κ1) is 19.0. The molecule has 6 heteroatoms. The minimum Gasteiger partial charge on any atom is -0.309 e. The monoisotopic (exact) mass is 398 g/mol.